The van der Waals surface area contributed by atoms with Gasteiger partial charge in [0.2, 0.25) is 10.0 Å². The summed E-state index contributed by atoms with van der Waals surface area (Å²) in [6, 6.07) is 5.98. The molecule has 140 valence electrons. The highest BCUT2D eigenvalue weighted by molar-refractivity contribution is 7.89. The molecule has 1 unspecified atom stereocenters. The van der Waals surface area contributed by atoms with Crippen molar-refractivity contribution >= 4 is 21.9 Å². The summed E-state index contributed by atoms with van der Waals surface area (Å²) < 4.78 is 36.7. The number of benzene rings is 1. The van der Waals surface area contributed by atoms with Gasteiger partial charge in [0.15, 0.2) is 6.61 Å². The molecule has 1 N–H and O–H groups in total. The summed E-state index contributed by atoms with van der Waals surface area (Å²) in [6.45, 7) is 1.47. The average molecular weight is 372 g/mol. The number of likely N-dealkylation sites (N-methyl/N-ethyl adjacent to an activating group) is 1. The third kappa shape index (κ3) is 7.10. The van der Waals surface area contributed by atoms with Crippen LogP contribution in [-0.2, 0) is 24.3 Å². The molecule has 1 amide bonds. The predicted molar refractivity (Wildman–Crippen MR) is 91.6 cm³/mol. The number of sulfonamides is 1. The van der Waals surface area contributed by atoms with Crippen molar-refractivity contribution in [3.63, 3.8) is 0 Å². The van der Waals surface area contributed by atoms with Gasteiger partial charge in [0.25, 0.3) is 5.91 Å². The SMILES string of the molecule is COc1ccc(S(=O)(=O)NCC(C)CC(=O)OCC(=O)N(C)C)cc1. The number of hydrogen-bond donors (Lipinski definition) is 1. The van der Waals surface area contributed by atoms with E-state index in [-0.39, 0.29) is 36.3 Å². The number of esters is 1. The highest BCUT2D eigenvalue weighted by Crippen LogP contribution is 2.15. The van der Waals surface area contributed by atoms with Crippen molar-refractivity contribution in [3.05, 3.63) is 24.3 Å². The molecule has 1 rings (SSSR count). The van der Waals surface area contributed by atoms with Gasteiger partial charge in [-0.25, -0.2) is 13.1 Å². The zero-order valence-electron chi connectivity index (χ0n) is 14.8. The van der Waals surface area contributed by atoms with E-state index in [4.69, 9.17) is 9.47 Å². The molecule has 0 radical (unpaired) electrons. The predicted octanol–water partition coefficient (Wildman–Crippen LogP) is 0.631. The number of ether oxygens (including phenoxy) is 2. The molecule has 1 atom stereocenters. The van der Waals surface area contributed by atoms with Gasteiger partial charge >= 0.3 is 5.97 Å². The van der Waals surface area contributed by atoms with Gasteiger partial charge in [-0.3, -0.25) is 9.59 Å². The first-order valence-electron chi connectivity index (χ1n) is 7.65. The molecule has 0 spiro atoms. The van der Waals surface area contributed by atoms with Crippen LogP contribution < -0.4 is 9.46 Å². The fraction of sp³-hybridized carbons (Fsp3) is 0.500. The Morgan fingerprint density at radius 2 is 1.80 bits per heavy atom. The van der Waals surface area contributed by atoms with E-state index in [1.54, 1.807) is 33.2 Å². The van der Waals surface area contributed by atoms with E-state index in [0.29, 0.717) is 5.75 Å². The lowest BCUT2D eigenvalue weighted by atomic mass is 10.1. The molecule has 0 aliphatic heterocycles. The van der Waals surface area contributed by atoms with Crippen LogP contribution in [0.2, 0.25) is 0 Å². The molecule has 0 fully saturated rings. The van der Waals surface area contributed by atoms with E-state index in [1.165, 1.54) is 24.1 Å². The van der Waals surface area contributed by atoms with Crippen LogP contribution in [0, 0.1) is 5.92 Å². The normalized spacial score (nSPS) is 12.3. The summed E-state index contributed by atoms with van der Waals surface area (Å²) in [5.74, 6) is -0.593. The van der Waals surface area contributed by atoms with Crippen molar-refractivity contribution in [2.45, 2.75) is 18.2 Å². The second kappa shape index (κ2) is 9.38. The molecular formula is C16H24N2O6S. The number of nitrogens with zero attached hydrogens (tertiary/aromatic N) is 1. The number of hydrogen-bond acceptors (Lipinski definition) is 6. The van der Waals surface area contributed by atoms with Gasteiger partial charge in [-0.05, 0) is 30.2 Å². The molecule has 8 nitrogen and oxygen atoms in total. The first kappa shape index (κ1) is 20.9. The lowest BCUT2D eigenvalue weighted by Crippen LogP contribution is -2.31. The molecule has 0 aromatic heterocycles. The molecular weight excluding hydrogens is 348 g/mol. The zero-order chi connectivity index (χ0) is 19.0. The van der Waals surface area contributed by atoms with Crippen molar-refractivity contribution in [1.82, 2.24) is 9.62 Å². The van der Waals surface area contributed by atoms with Gasteiger partial charge in [-0.2, -0.15) is 0 Å². The fourth-order valence-corrected chi connectivity index (χ4v) is 2.94. The maximum absolute atomic E-state index is 12.2. The first-order chi connectivity index (χ1) is 11.7. The fourth-order valence-electron chi connectivity index (χ4n) is 1.78. The van der Waals surface area contributed by atoms with Crippen molar-refractivity contribution in [2.24, 2.45) is 5.92 Å². The molecule has 0 bridgehead atoms. The Morgan fingerprint density at radius 1 is 1.20 bits per heavy atom. The number of carbonyl (C=O) groups is 2. The van der Waals surface area contributed by atoms with Gasteiger partial charge in [0.05, 0.1) is 12.0 Å². The molecule has 9 heteroatoms. The van der Waals surface area contributed by atoms with Gasteiger partial charge < -0.3 is 14.4 Å². The second-order valence-electron chi connectivity index (χ2n) is 5.79. The van der Waals surface area contributed by atoms with Crippen molar-refractivity contribution < 1.29 is 27.5 Å². The van der Waals surface area contributed by atoms with E-state index in [0.717, 1.165) is 0 Å². The Morgan fingerprint density at radius 3 is 2.32 bits per heavy atom. The van der Waals surface area contributed by atoms with Crippen LogP contribution in [0.5, 0.6) is 5.75 Å². The number of methoxy groups -OCH3 is 1. The van der Waals surface area contributed by atoms with Crippen LogP contribution >= 0.6 is 0 Å². The third-order valence-electron chi connectivity index (χ3n) is 3.36. The summed E-state index contributed by atoms with van der Waals surface area (Å²) in [6.07, 6.45) is 0.00579. The summed E-state index contributed by atoms with van der Waals surface area (Å²) in [7, 11) is 0.948. The van der Waals surface area contributed by atoms with Crippen LogP contribution in [0.15, 0.2) is 29.2 Å². The number of carbonyl (C=O) groups excluding carboxylic acids is 2. The summed E-state index contributed by atoms with van der Waals surface area (Å²) in [4.78, 5) is 24.4. The minimum absolute atomic E-state index is 0.00579. The van der Waals surface area contributed by atoms with E-state index in [9.17, 15) is 18.0 Å². The van der Waals surface area contributed by atoms with Crippen molar-refractivity contribution in [1.29, 1.82) is 0 Å². The van der Waals surface area contributed by atoms with E-state index in [2.05, 4.69) is 4.72 Å². The van der Waals surface area contributed by atoms with E-state index < -0.39 is 16.0 Å². The van der Waals surface area contributed by atoms with Gasteiger partial charge in [0, 0.05) is 27.1 Å². The van der Waals surface area contributed by atoms with E-state index in [1.807, 2.05) is 0 Å². The first-order valence-corrected chi connectivity index (χ1v) is 9.13. The summed E-state index contributed by atoms with van der Waals surface area (Å²) >= 11 is 0. The summed E-state index contributed by atoms with van der Waals surface area (Å²) in [5.41, 5.74) is 0. The van der Waals surface area contributed by atoms with E-state index >= 15 is 0 Å². The van der Waals surface area contributed by atoms with Crippen molar-refractivity contribution in [2.75, 3.05) is 34.4 Å². The molecule has 0 saturated heterocycles. The highest BCUT2D eigenvalue weighted by Gasteiger charge is 2.18. The average Bonchev–Trinajstić information content (AvgIpc) is 2.57. The topological polar surface area (TPSA) is 102 Å². The molecule has 0 heterocycles. The quantitative estimate of drug-likeness (QED) is 0.638. The molecule has 1 aromatic carbocycles. The minimum Gasteiger partial charge on any atom is -0.497 e. The van der Waals surface area contributed by atoms with Crippen LogP contribution in [0.1, 0.15) is 13.3 Å². The Hall–Kier alpha value is -2.13. The zero-order valence-corrected chi connectivity index (χ0v) is 15.6. The number of rotatable bonds is 9. The monoisotopic (exact) mass is 372 g/mol. The van der Waals surface area contributed by atoms with Crippen molar-refractivity contribution in [3.8, 4) is 5.75 Å². The standard InChI is InChI=1S/C16H24N2O6S/c1-12(9-16(20)24-11-15(19)18(2)3)10-17-25(21,22)14-7-5-13(23-4)6-8-14/h5-8,12,17H,9-11H2,1-4H3. The Kier molecular flexibility index (Phi) is 7.85. The van der Waals surface area contributed by atoms with Crippen LogP contribution in [0.3, 0.4) is 0 Å². The molecule has 0 aliphatic rings. The van der Waals surface area contributed by atoms with Crippen LogP contribution in [0.25, 0.3) is 0 Å². The maximum atomic E-state index is 12.2. The lowest BCUT2D eigenvalue weighted by Gasteiger charge is -2.14. The smallest absolute Gasteiger partial charge is 0.306 e. The van der Waals surface area contributed by atoms with Gasteiger partial charge in [-0.15, -0.1) is 0 Å². The second-order valence-corrected chi connectivity index (χ2v) is 7.55. The molecule has 25 heavy (non-hydrogen) atoms. The van der Waals surface area contributed by atoms with Gasteiger partial charge in [0.1, 0.15) is 5.75 Å². The molecule has 0 saturated carbocycles. The summed E-state index contributed by atoms with van der Waals surface area (Å²) in [5, 5.41) is 0. The molecule has 0 aliphatic carbocycles. The Bertz CT molecular complexity index is 685. The largest absolute Gasteiger partial charge is 0.497 e. The number of amides is 1. The Labute approximate surface area is 148 Å². The minimum atomic E-state index is -3.67. The Balaban J connectivity index is 2.47. The number of nitrogens with one attached hydrogen (secondary N) is 1. The van der Waals surface area contributed by atoms with Crippen LogP contribution in [0.4, 0.5) is 0 Å². The third-order valence-corrected chi connectivity index (χ3v) is 4.80. The molecule has 1 aromatic rings. The highest BCUT2D eigenvalue weighted by atomic mass is 32.2. The van der Waals surface area contributed by atoms with Crippen LogP contribution in [-0.4, -0.2) is 59.6 Å². The lowest BCUT2D eigenvalue weighted by molar-refractivity contribution is -0.151. The van der Waals surface area contributed by atoms with Gasteiger partial charge in [-0.1, -0.05) is 6.92 Å². The maximum Gasteiger partial charge on any atom is 0.306 e.